The number of morpholine rings is 1. The first-order valence-corrected chi connectivity index (χ1v) is 9.54. The summed E-state index contributed by atoms with van der Waals surface area (Å²) in [7, 11) is 0. The molecule has 1 saturated heterocycles. The van der Waals surface area contributed by atoms with Crippen molar-refractivity contribution < 1.29 is 9.84 Å². The Balaban J connectivity index is 1.46. The highest BCUT2D eigenvalue weighted by Gasteiger charge is 2.31. The van der Waals surface area contributed by atoms with E-state index in [0.717, 1.165) is 36.2 Å². The molecular formula is C17H24N4O2S. The van der Waals surface area contributed by atoms with E-state index in [1.54, 1.807) is 11.3 Å². The third-order valence-corrected chi connectivity index (χ3v) is 5.88. The summed E-state index contributed by atoms with van der Waals surface area (Å²) in [6.07, 6.45) is 2.73. The molecule has 2 aromatic rings. The third kappa shape index (κ3) is 3.39. The van der Waals surface area contributed by atoms with E-state index < -0.39 is 6.10 Å². The van der Waals surface area contributed by atoms with Gasteiger partial charge in [0.25, 0.3) is 0 Å². The molecule has 2 aromatic heterocycles. The highest BCUT2D eigenvalue weighted by molar-refractivity contribution is 7.10. The molecule has 7 heteroatoms. The number of aryl methyl sites for hydroxylation is 1. The van der Waals surface area contributed by atoms with Crippen LogP contribution in [0.2, 0.25) is 0 Å². The van der Waals surface area contributed by atoms with Gasteiger partial charge in [-0.25, -0.2) is 0 Å². The van der Waals surface area contributed by atoms with Crippen molar-refractivity contribution in [3.8, 4) is 0 Å². The first-order chi connectivity index (χ1) is 11.7. The SMILES string of the molecule is Cc1nnc(CN2CCOCC2CC(O)c2cccs2)n1C1CC1. The van der Waals surface area contributed by atoms with E-state index in [1.807, 2.05) is 24.4 Å². The van der Waals surface area contributed by atoms with Crippen LogP contribution < -0.4 is 0 Å². The topological polar surface area (TPSA) is 63.4 Å². The molecular weight excluding hydrogens is 324 g/mol. The number of nitrogens with zero attached hydrogens (tertiary/aromatic N) is 4. The Hall–Kier alpha value is -1.28. The Labute approximate surface area is 146 Å². The zero-order valence-corrected chi connectivity index (χ0v) is 14.8. The molecule has 0 amide bonds. The number of aliphatic hydroxyl groups excluding tert-OH is 1. The molecule has 2 unspecified atom stereocenters. The predicted octanol–water partition coefficient (Wildman–Crippen LogP) is 2.31. The fraction of sp³-hybridized carbons (Fsp3) is 0.647. The molecule has 6 nitrogen and oxygen atoms in total. The second kappa shape index (κ2) is 6.92. The number of rotatable bonds is 6. The molecule has 0 aromatic carbocycles. The quantitative estimate of drug-likeness (QED) is 0.868. The van der Waals surface area contributed by atoms with Gasteiger partial charge in [-0.15, -0.1) is 21.5 Å². The van der Waals surface area contributed by atoms with E-state index >= 15 is 0 Å². The molecule has 1 aliphatic carbocycles. The molecule has 1 saturated carbocycles. The van der Waals surface area contributed by atoms with E-state index in [9.17, 15) is 5.11 Å². The molecule has 3 heterocycles. The fourth-order valence-electron chi connectivity index (χ4n) is 3.48. The van der Waals surface area contributed by atoms with Crippen molar-refractivity contribution in [1.29, 1.82) is 0 Å². The van der Waals surface area contributed by atoms with E-state index in [1.165, 1.54) is 12.8 Å². The maximum absolute atomic E-state index is 10.5. The van der Waals surface area contributed by atoms with Crippen molar-refractivity contribution in [3.63, 3.8) is 0 Å². The van der Waals surface area contributed by atoms with Crippen molar-refractivity contribution in [2.75, 3.05) is 19.8 Å². The monoisotopic (exact) mass is 348 g/mol. The Bertz CT molecular complexity index is 668. The summed E-state index contributed by atoms with van der Waals surface area (Å²) in [5.41, 5.74) is 0. The lowest BCUT2D eigenvalue weighted by Crippen LogP contribution is -2.46. The van der Waals surface area contributed by atoms with Crippen LogP contribution in [0.1, 0.15) is 47.9 Å². The van der Waals surface area contributed by atoms with Crippen molar-refractivity contribution in [2.24, 2.45) is 0 Å². The molecule has 1 N–H and O–H groups in total. The van der Waals surface area contributed by atoms with Gasteiger partial charge >= 0.3 is 0 Å². The van der Waals surface area contributed by atoms with Gasteiger partial charge in [-0.1, -0.05) is 6.07 Å². The Morgan fingerprint density at radius 2 is 2.29 bits per heavy atom. The standard InChI is InChI=1S/C17H24N4O2S/c1-12-18-19-17(21(12)13-4-5-13)10-20-6-7-23-11-14(20)9-15(22)16-3-2-8-24-16/h2-3,8,13-15,22H,4-7,9-11H2,1H3. The Kier molecular flexibility index (Phi) is 4.67. The van der Waals surface area contributed by atoms with Crippen LogP contribution >= 0.6 is 11.3 Å². The van der Waals surface area contributed by atoms with E-state index in [2.05, 4.69) is 19.7 Å². The second-order valence-electron chi connectivity index (χ2n) is 6.73. The summed E-state index contributed by atoms with van der Waals surface area (Å²) < 4.78 is 7.97. The molecule has 2 atom stereocenters. The third-order valence-electron chi connectivity index (χ3n) is 4.91. The van der Waals surface area contributed by atoms with Crippen LogP contribution in [0, 0.1) is 6.92 Å². The van der Waals surface area contributed by atoms with Crippen LogP contribution in [0.5, 0.6) is 0 Å². The molecule has 4 rings (SSSR count). The number of aliphatic hydroxyl groups is 1. The lowest BCUT2D eigenvalue weighted by molar-refractivity contribution is -0.0310. The highest BCUT2D eigenvalue weighted by atomic mass is 32.1. The van der Waals surface area contributed by atoms with Crippen LogP contribution in [0.4, 0.5) is 0 Å². The van der Waals surface area contributed by atoms with Gasteiger partial charge in [-0.2, -0.15) is 0 Å². The summed E-state index contributed by atoms with van der Waals surface area (Å²) in [6.45, 7) is 5.09. The van der Waals surface area contributed by atoms with Gasteiger partial charge in [0.2, 0.25) is 0 Å². The number of aromatic nitrogens is 3. The maximum atomic E-state index is 10.5. The number of hydrogen-bond donors (Lipinski definition) is 1. The lowest BCUT2D eigenvalue weighted by Gasteiger charge is -2.36. The summed E-state index contributed by atoms with van der Waals surface area (Å²) in [5, 5.41) is 21.2. The van der Waals surface area contributed by atoms with Gasteiger partial charge in [-0.3, -0.25) is 4.90 Å². The van der Waals surface area contributed by atoms with Gasteiger partial charge in [0.1, 0.15) is 11.6 Å². The van der Waals surface area contributed by atoms with Crippen molar-refractivity contribution in [1.82, 2.24) is 19.7 Å². The number of hydrogen-bond acceptors (Lipinski definition) is 6. The Morgan fingerprint density at radius 3 is 3.04 bits per heavy atom. The molecule has 1 aliphatic heterocycles. The molecule has 0 radical (unpaired) electrons. The summed E-state index contributed by atoms with van der Waals surface area (Å²) in [6, 6.07) is 4.78. The summed E-state index contributed by atoms with van der Waals surface area (Å²) in [5.74, 6) is 2.06. The van der Waals surface area contributed by atoms with Crippen molar-refractivity contribution >= 4 is 11.3 Å². The van der Waals surface area contributed by atoms with Crippen LogP contribution in [0.25, 0.3) is 0 Å². The molecule has 2 fully saturated rings. The minimum absolute atomic E-state index is 0.209. The second-order valence-corrected chi connectivity index (χ2v) is 7.71. The minimum Gasteiger partial charge on any atom is -0.388 e. The lowest BCUT2D eigenvalue weighted by atomic mass is 10.1. The fourth-order valence-corrected chi connectivity index (χ4v) is 4.20. The number of thiophene rings is 1. The molecule has 130 valence electrons. The van der Waals surface area contributed by atoms with Gasteiger partial charge in [0.05, 0.1) is 25.9 Å². The summed E-state index contributed by atoms with van der Waals surface area (Å²) >= 11 is 1.61. The van der Waals surface area contributed by atoms with E-state index in [-0.39, 0.29) is 6.04 Å². The molecule has 24 heavy (non-hydrogen) atoms. The molecule has 2 aliphatic rings. The highest BCUT2D eigenvalue weighted by Crippen LogP contribution is 2.37. The normalized spacial score (nSPS) is 23.5. The van der Waals surface area contributed by atoms with Gasteiger partial charge < -0.3 is 14.4 Å². The smallest absolute Gasteiger partial charge is 0.147 e. The number of ether oxygens (including phenoxy) is 1. The van der Waals surface area contributed by atoms with E-state index in [0.29, 0.717) is 19.1 Å². The van der Waals surface area contributed by atoms with Crippen LogP contribution in [-0.2, 0) is 11.3 Å². The zero-order chi connectivity index (χ0) is 16.5. The first-order valence-electron chi connectivity index (χ1n) is 8.66. The first kappa shape index (κ1) is 16.2. The van der Waals surface area contributed by atoms with Gasteiger partial charge in [0, 0.05) is 23.5 Å². The average molecular weight is 348 g/mol. The summed E-state index contributed by atoms with van der Waals surface area (Å²) in [4.78, 5) is 3.42. The predicted molar refractivity (Wildman–Crippen MR) is 91.9 cm³/mol. The molecule has 0 spiro atoms. The van der Waals surface area contributed by atoms with Crippen LogP contribution in [0.15, 0.2) is 17.5 Å². The minimum atomic E-state index is -0.428. The Morgan fingerprint density at radius 1 is 1.42 bits per heavy atom. The van der Waals surface area contributed by atoms with Gasteiger partial charge in [0.15, 0.2) is 0 Å². The van der Waals surface area contributed by atoms with Crippen LogP contribution in [-0.4, -0.2) is 50.6 Å². The van der Waals surface area contributed by atoms with Crippen molar-refractivity contribution in [2.45, 2.75) is 50.9 Å². The van der Waals surface area contributed by atoms with E-state index in [4.69, 9.17) is 4.74 Å². The van der Waals surface area contributed by atoms with Crippen molar-refractivity contribution in [3.05, 3.63) is 34.0 Å². The van der Waals surface area contributed by atoms with Crippen LogP contribution in [0.3, 0.4) is 0 Å². The average Bonchev–Trinajstić information content (AvgIpc) is 3.12. The maximum Gasteiger partial charge on any atom is 0.147 e. The zero-order valence-electron chi connectivity index (χ0n) is 14.0. The largest absolute Gasteiger partial charge is 0.388 e. The molecule has 0 bridgehead atoms. The van der Waals surface area contributed by atoms with Gasteiger partial charge in [-0.05, 0) is 37.6 Å².